The summed E-state index contributed by atoms with van der Waals surface area (Å²) >= 11 is 0. The van der Waals surface area contributed by atoms with Crippen LogP contribution >= 0.6 is 0 Å². The molecule has 0 amide bonds. The molecule has 4 aliphatic rings. The van der Waals surface area contributed by atoms with Crippen LogP contribution in [0.25, 0.3) is 0 Å². The summed E-state index contributed by atoms with van der Waals surface area (Å²) in [6.45, 7) is 12.0. The molecule has 3 saturated carbocycles. The fourth-order valence-corrected chi connectivity index (χ4v) is 8.10. The normalized spacial score (nSPS) is 46.4. The smallest absolute Gasteiger partial charge is 0.0577 e. The molecule has 0 saturated heterocycles. The number of hydrogen-bond donors (Lipinski definition) is 1. The van der Waals surface area contributed by atoms with Crippen LogP contribution in [0.15, 0.2) is 35.5 Å². The summed E-state index contributed by atoms with van der Waals surface area (Å²) in [6, 6.07) is 0. The van der Waals surface area contributed by atoms with Crippen molar-refractivity contribution in [2.75, 3.05) is 0 Å². The van der Waals surface area contributed by atoms with Crippen LogP contribution in [0.2, 0.25) is 0 Å². The average Bonchev–Trinajstić information content (AvgIpc) is 2.99. The Labute approximate surface area is 173 Å². The number of aliphatic hydroxyl groups excluding tert-OH is 1. The molecule has 4 rings (SSSR count). The molecule has 0 radical (unpaired) electrons. The van der Waals surface area contributed by atoms with Gasteiger partial charge in [-0.15, -0.1) is 0 Å². The van der Waals surface area contributed by atoms with Crippen LogP contribution in [0.3, 0.4) is 0 Å². The highest BCUT2D eigenvalue weighted by molar-refractivity contribution is 5.25. The Kier molecular flexibility index (Phi) is 5.45. The molecule has 3 fully saturated rings. The lowest BCUT2D eigenvalue weighted by molar-refractivity contribution is -0.0540. The van der Waals surface area contributed by atoms with E-state index in [1.165, 1.54) is 44.1 Å². The highest BCUT2D eigenvalue weighted by Crippen LogP contribution is 2.67. The van der Waals surface area contributed by atoms with Gasteiger partial charge in [0.15, 0.2) is 0 Å². The molecule has 156 valence electrons. The third-order valence-corrected chi connectivity index (χ3v) is 9.63. The Morgan fingerprint density at radius 2 is 1.89 bits per heavy atom. The van der Waals surface area contributed by atoms with E-state index in [9.17, 15) is 5.11 Å². The number of aliphatic hydroxyl groups is 1. The van der Waals surface area contributed by atoms with Gasteiger partial charge in [0, 0.05) is 0 Å². The van der Waals surface area contributed by atoms with E-state index >= 15 is 0 Å². The summed E-state index contributed by atoms with van der Waals surface area (Å²) in [5.74, 6) is 4.15. The van der Waals surface area contributed by atoms with Crippen molar-refractivity contribution in [3.63, 3.8) is 0 Å². The molecule has 28 heavy (non-hydrogen) atoms. The fraction of sp³-hybridized carbons (Fsp3) is 0.778. The van der Waals surface area contributed by atoms with Crippen molar-refractivity contribution in [3.8, 4) is 0 Å². The summed E-state index contributed by atoms with van der Waals surface area (Å²) < 4.78 is 0. The Morgan fingerprint density at radius 1 is 1.11 bits per heavy atom. The molecule has 4 aliphatic carbocycles. The predicted molar refractivity (Wildman–Crippen MR) is 119 cm³/mol. The summed E-state index contributed by atoms with van der Waals surface area (Å²) in [4.78, 5) is 0. The first-order chi connectivity index (χ1) is 13.3. The maximum atomic E-state index is 10.2. The third-order valence-electron chi connectivity index (χ3n) is 9.63. The number of rotatable bonds is 3. The van der Waals surface area contributed by atoms with E-state index in [1.54, 1.807) is 5.57 Å². The minimum absolute atomic E-state index is 0.0889. The van der Waals surface area contributed by atoms with Crippen LogP contribution < -0.4 is 0 Å². The molecule has 0 aromatic rings. The van der Waals surface area contributed by atoms with Gasteiger partial charge in [0.05, 0.1) is 6.10 Å². The highest BCUT2D eigenvalue weighted by atomic mass is 16.3. The largest absolute Gasteiger partial charge is 0.393 e. The zero-order valence-corrected chi connectivity index (χ0v) is 18.9. The first-order valence-electron chi connectivity index (χ1n) is 11.9. The maximum Gasteiger partial charge on any atom is 0.0577 e. The fourth-order valence-electron chi connectivity index (χ4n) is 8.10. The van der Waals surface area contributed by atoms with Gasteiger partial charge in [-0.1, -0.05) is 56.2 Å². The molecule has 0 aromatic heterocycles. The summed E-state index contributed by atoms with van der Waals surface area (Å²) in [7, 11) is 0. The monoisotopic (exact) mass is 382 g/mol. The molecular formula is C27H42O. The molecule has 1 heteroatoms. The van der Waals surface area contributed by atoms with Crippen molar-refractivity contribution in [2.24, 2.45) is 40.4 Å². The van der Waals surface area contributed by atoms with Gasteiger partial charge in [-0.2, -0.15) is 0 Å². The van der Waals surface area contributed by atoms with E-state index in [0.717, 1.165) is 36.5 Å². The molecule has 0 unspecified atom stereocenters. The van der Waals surface area contributed by atoms with Crippen LogP contribution in [0.5, 0.6) is 0 Å². The summed E-state index contributed by atoms with van der Waals surface area (Å²) in [5.41, 5.74) is 3.88. The zero-order chi connectivity index (χ0) is 20.1. The highest BCUT2D eigenvalue weighted by Gasteiger charge is 2.58. The van der Waals surface area contributed by atoms with Gasteiger partial charge >= 0.3 is 0 Å². The minimum atomic E-state index is -0.0889. The van der Waals surface area contributed by atoms with Gasteiger partial charge in [0.1, 0.15) is 0 Å². The lowest BCUT2D eigenvalue weighted by Crippen LogP contribution is -2.50. The van der Waals surface area contributed by atoms with Crippen molar-refractivity contribution >= 4 is 0 Å². The Hall–Kier alpha value is -0.820. The van der Waals surface area contributed by atoms with Crippen molar-refractivity contribution in [2.45, 2.75) is 92.1 Å². The molecule has 0 bridgehead atoms. The van der Waals surface area contributed by atoms with E-state index in [1.807, 2.05) is 0 Å². The molecule has 0 heterocycles. The number of allylic oxidation sites excluding steroid dienone is 5. The number of hydrogen-bond acceptors (Lipinski definition) is 1. The second-order valence-corrected chi connectivity index (χ2v) is 11.4. The predicted octanol–water partition coefficient (Wildman–Crippen LogP) is 7.08. The molecule has 0 spiro atoms. The second kappa shape index (κ2) is 7.46. The first kappa shape index (κ1) is 20.5. The average molecular weight is 383 g/mol. The van der Waals surface area contributed by atoms with Gasteiger partial charge < -0.3 is 5.11 Å². The van der Waals surface area contributed by atoms with Gasteiger partial charge in [-0.25, -0.2) is 0 Å². The second-order valence-electron chi connectivity index (χ2n) is 11.4. The minimum Gasteiger partial charge on any atom is -0.393 e. The first-order valence-corrected chi connectivity index (χ1v) is 11.9. The van der Waals surface area contributed by atoms with E-state index in [4.69, 9.17) is 0 Å². The third kappa shape index (κ3) is 3.26. The van der Waals surface area contributed by atoms with Crippen LogP contribution in [-0.4, -0.2) is 11.2 Å². The van der Waals surface area contributed by atoms with E-state index in [0.29, 0.717) is 16.7 Å². The molecule has 0 aliphatic heterocycles. The topological polar surface area (TPSA) is 20.2 Å². The Balaban J connectivity index is 1.55. The summed E-state index contributed by atoms with van der Waals surface area (Å²) in [6.07, 6.45) is 19.6. The van der Waals surface area contributed by atoms with Crippen molar-refractivity contribution in [1.82, 2.24) is 0 Å². The zero-order valence-electron chi connectivity index (χ0n) is 18.9. The van der Waals surface area contributed by atoms with E-state index in [2.05, 4.69) is 58.9 Å². The Bertz CT molecular complexity index is 680. The lowest BCUT2D eigenvalue weighted by Gasteiger charge is -2.58. The van der Waals surface area contributed by atoms with Crippen molar-refractivity contribution in [3.05, 3.63) is 35.5 Å². The van der Waals surface area contributed by atoms with Crippen LogP contribution in [0.1, 0.15) is 86.0 Å². The van der Waals surface area contributed by atoms with Crippen LogP contribution in [-0.2, 0) is 0 Å². The van der Waals surface area contributed by atoms with E-state index in [-0.39, 0.29) is 6.10 Å². The van der Waals surface area contributed by atoms with Gasteiger partial charge in [0.25, 0.3) is 0 Å². The number of fused-ring (bicyclic) bond motifs is 5. The Morgan fingerprint density at radius 3 is 2.64 bits per heavy atom. The van der Waals surface area contributed by atoms with Crippen molar-refractivity contribution in [1.29, 1.82) is 0 Å². The molecule has 1 nitrogen and oxygen atoms in total. The van der Waals surface area contributed by atoms with Crippen molar-refractivity contribution < 1.29 is 5.11 Å². The van der Waals surface area contributed by atoms with Crippen LogP contribution in [0, 0.1) is 40.4 Å². The SMILES string of the molecule is CC(C)=C/C=C\[C@@H](C)[C@H]1CC[C@H]2[C@@H]3CC=C4C[C@@H](O)CC[C@]4(C)[C@H]3CC[C@]12C. The van der Waals surface area contributed by atoms with Gasteiger partial charge in [0.2, 0.25) is 0 Å². The van der Waals surface area contributed by atoms with Crippen LogP contribution in [0.4, 0.5) is 0 Å². The standard InChI is InChI=1S/C27H42O/c1-18(2)7-6-8-19(3)23-11-12-24-22-10-9-20-17-21(28)13-15-26(20,4)25(22)14-16-27(23,24)5/h6-9,19,21-25,28H,10-17H2,1-5H3/b8-6-/t19-,21+,22+,23-,24+,25+,26+,27-/m1/s1. The lowest BCUT2D eigenvalue weighted by atomic mass is 9.47. The molecular weight excluding hydrogens is 340 g/mol. The molecule has 1 N–H and O–H groups in total. The molecule has 0 aromatic carbocycles. The summed E-state index contributed by atoms with van der Waals surface area (Å²) in [5, 5.41) is 10.2. The van der Waals surface area contributed by atoms with E-state index < -0.39 is 0 Å². The van der Waals surface area contributed by atoms with Gasteiger partial charge in [-0.3, -0.25) is 0 Å². The molecule has 8 atom stereocenters. The maximum absolute atomic E-state index is 10.2. The van der Waals surface area contributed by atoms with Gasteiger partial charge in [-0.05, 0) is 106 Å². The quantitative estimate of drug-likeness (QED) is 0.408.